The van der Waals surface area contributed by atoms with Crippen LogP contribution < -0.4 is 5.56 Å². The van der Waals surface area contributed by atoms with Gasteiger partial charge in [0.15, 0.2) is 0 Å². The summed E-state index contributed by atoms with van der Waals surface area (Å²) in [6.07, 6.45) is 3.96. The van der Waals surface area contributed by atoms with E-state index in [4.69, 9.17) is 0 Å². The van der Waals surface area contributed by atoms with E-state index in [1.165, 1.54) is 6.20 Å². The minimum Gasteiger partial charge on any atom is -0.337 e. The minimum absolute atomic E-state index is 0.204. The van der Waals surface area contributed by atoms with E-state index in [9.17, 15) is 9.59 Å². The van der Waals surface area contributed by atoms with Crippen molar-refractivity contribution in [3.63, 3.8) is 0 Å². The monoisotopic (exact) mass is 335 g/mol. The number of H-pyrrole nitrogens is 2. The normalized spacial score (nSPS) is 14.0. The van der Waals surface area contributed by atoms with Crippen LogP contribution in [0, 0.1) is 0 Å². The van der Waals surface area contributed by atoms with Gasteiger partial charge in [0.25, 0.3) is 11.5 Å². The molecule has 0 fully saturated rings. The Hall–Kier alpha value is -3.22. The molecule has 1 aliphatic heterocycles. The second-order valence-corrected chi connectivity index (χ2v) is 6.00. The van der Waals surface area contributed by atoms with Crippen molar-refractivity contribution in [2.75, 3.05) is 13.1 Å². The lowest BCUT2D eigenvalue weighted by Gasteiger charge is -2.19. The molecule has 4 rings (SSSR count). The molecular weight excluding hydrogens is 318 g/mol. The molecule has 2 N–H and O–H groups in total. The molecule has 25 heavy (non-hydrogen) atoms. The number of fused-ring (bicyclic) bond motifs is 1. The van der Waals surface area contributed by atoms with Gasteiger partial charge in [-0.25, -0.2) is 0 Å². The topological polar surface area (TPSA) is 94.7 Å². The third-order valence-corrected chi connectivity index (χ3v) is 4.43. The minimum atomic E-state index is -0.374. The SMILES string of the molecule is O=C(c1cncc(=O)[nH]1)N1CCc2[nH]nc(-c3ccccc3)c2CC1. The second-order valence-electron chi connectivity index (χ2n) is 6.00. The molecule has 1 amide bonds. The molecular formula is C18H17N5O2. The van der Waals surface area contributed by atoms with Crippen LogP contribution in [0.25, 0.3) is 11.3 Å². The predicted molar refractivity (Wildman–Crippen MR) is 92.2 cm³/mol. The summed E-state index contributed by atoms with van der Waals surface area (Å²) in [6.45, 7) is 1.14. The van der Waals surface area contributed by atoms with Gasteiger partial charge in [-0.05, 0) is 6.42 Å². The summed E-state index contributed by atoms with van der Waals surface area (Å²) in [5.74, 6) is -0.204. The summed E-state index contributed by atoms with van der Waals surface area (Å²) >= 11 is 0. The van der Waals surface area contributed by atoms with E-state index in [0.717, 1.165) is 28.7 Å². The fourth-order valence-corrected chi connectivity index (χ4v) is 3.18. The molecule has 7 nitrogen and oxygen atoms in total. The zero-order valence-corrected chi connectivity index (χ0v) is 13.5. The van der Waals surface area contributed by atoms with Gasteiger partial charge in [0.1, 0.15) is 5.69 Å². The molecule has 7 heteroatoms. The molecule has 3 heterocycles. The number of nitrogens with one attached hydrogen (secondary N) is 2. The van der Waals surface area contributed by atoms with Crippen LogP contribution in [0.3, 0.4) is 0 Å². The molecule has 2 aromatic heterocycles. The zero-order chi connectivity index (χ0) is 17.2. The first-order chi connectivity index (χ1) is 12.2. The zero-order valence-electron chi connectivity index (χ0n) is 13.5. The Kier molecular flexibility index (Phi) is 3.89. The van der Waals surface area contributed by atoms with Crippen molar-refractivity contribution in [3.05, 3.63) is 70.0 Å². The third-order valence-electron chi connectivity index (χ3n) is 4.43. The molecule has 0 saturated heterocycles. The number of hydrogen-bond acceptors (Lipinski definition) is 4. The number of nitrogens with zero attached hydrogens (tertiary/aromatic N) is 3. The third kappa shape index (κ3) is 2.96. The van der Waals surface area contributed by atoms with Gasteiger partial charge in [-0.2, -0.15) is 5.10 Å². The summed E-state index contributed by atoms with van der Waals surface area (Å²) in [5.41, 5.74) is 4.08. The van der Waals surface area contributed by atoms with Gasteiger partial charge in [-0.1, -0.05) is 30.3 Å². The van der Waals surface area contributed by atoms with Crippen molar-refractivity contribution in [2.45, 2.75) is 12.8 Å². The number of amides is 1. The fourth-order valence-electron chi connectivity index (χ4n) is 3.18. The smallest absolute Gasteiger partial charge is 0.272 e. The maximum absolute atomic E-state index is 12.6. The standard InChI is InChI=1S/C18H17N5O2/c24-16-11-19-10-15(20-16)18(25)23-8-6-13-14(7-9-23)21-22-17(13)12-4-2-1-3-5-12/h1-5,10-11H,6-9H2,(H,20,24)(H,21,22). The average molecular weight is 335 g/mol. The van der Waals surface area contributed by atoms with E-state index in [-0.39, 0.29) is 17.2 Å². The molecule has 0 unspecified atom stereocenters. The summed E-state index contributed by atoms with van der Waals surface area (Å²) in [4.78, 5) is 32.1. The Morgan fingerprint density at radius 2 is 1.88 bits per heavy atom. The maximum atomic E-state index is 12.6. The molecule has 0 spiro atoms. The first-order valence-electron chi connectivity index (χ1n) is 8.17. The Morgan fingerprint density at radius 3 is 2.68 bits per heavy atom. The number of aromatic amines is 2. The quantitative estimate of drug-likeness (QED) is 0.740. The van der Waals surface area contributed by atoms with Crippen molar-refractivity contribution >= 4 is 5.91 Å². The highest BCUT2D eigenvalue weighted by molar-refractivity contribution is 5.92. The van der Waals surface area contributed by atoms with Crippen LogP contribution in [-0.4, -0.2) is 44.1 Å². The summed E-state index contributed by atoms with van der Waals surface area (Å²) < 4.78 is 0. The Balaban J connectivity index is 1.58. The van der Waals surface area contributed by atoms with E-state index >= 15 is 0 Å². The van der Waals surface area contributed by atoms with Gasteiger partial charge < -0.3 is 9.88 Å². The molecule has 0 atom stereocenters. The second kappa shape index (κ2) is 6.35. The Labute approximate surface area is 143 Å². The van der Waals surface area contributed by atoms with E-state index in [1.54, 1.807) is 4.90 Å². The van der Waals surface area contributed by atoms with Crippen LogP contribution in [0.5, 0.6) is 0 Å². The lowest BCUT2D eigenvalue weighted by molar-refractivity contribution is 0.0756. The average Bonchev–Trinajstić information content (AvgIpc) is 2.93. The summed E-state index contributed by atoms with van der Waals surface area (Å²) in [7, 11) is 0. The van der Waals surface area contributed by atoms with Gasteiger partial charge >= 0.3 is 0 Å². The molecule has 0 saturated carbocycles. The molecule has 3 aromatic rings. The molecule has 0 bridgehead atoms. The first-order valence-corrected chi connectivity index (χ1v) is 8.17. The van der Waals surface area contributed by atoms with Crippen molar-refractivity contribution in [2.24, 2.45) is 0 Å². The van der Waals surface area contributed by atoms with Crippen molar-refractivity contribution in [3.8, 4) is 11.3 Å². The van der Waals surface area contributed by atoms with Gasteiger partial charge in [-0.3, -0.25) is 19.7 Å². The van der Waals surface area contributed by atoms with Gasteiger partial charge in [0, 0.05) is 36.3 Å². The first kappa shape index (κ1) is 15.3. The van der Waals surface area contributed by atoms with Crippen LogP contribution in [0.4, 0.5) is 0 Å². The molecule has 0 radical (unpaired) electrons. The van der Waals surface area contributed by atoms with Gasteiger partial charge in [-0.15, -0.1) is 0 Å². The number of benzene rings is 1. The van der Waals surface area contributed by atoms with Crippen LogP contribution in [0.1, 0.15) is 21.7 Å². The summed E-state index contributed by atoms with van der Waals surface area (Å²) in [5, 5.41) is 7.58. The lowest BCUT2D eigenvalue weighted by atomic mass is 10.0. The maximum Gasteiger partial charge on any atom is 0.272 e. The van der Waals surface area contributed by atoms with Crippen LogP contribution in [0.2, 0.25) is 0 Å². The highest BCUT2D eigenvalue weighted by Gasteiger charge is 2.24. The molecule has 126 valence electrons. The van der Waals surface area contributed by atoms with Gasteiger partial charge in [0.05, 0.1) is 18.1 Å². The van der Waals surface area contributed by atoms with E-state index in [2.05, 4.69) is 20.2 Å². The Morgan fingerprint density at radius 1 is 1.08 bits per heavy atom. The largest absolute Gasteiger partial charge is 0.337 e. The number of rotatable bonds is 2. The highest BCUT2D eigenvalue weighted by atomic mass is 16.2. The van der Waals surface area contributed by atoms with Crippen LogP contribution >= 0.6 is 0 Å². The fraction of sp³-hybridized carbons (Fsp3) is 0.222. The number of hydrogen-bond donors (Lipinski definition) is 2. The van der Waals surface area contributed by atoms with Crippen LogP contribution in [0.15, 0.2) is 47.5 Å². The predicted octanol–water partition coefficient (Wildman–Crippen LogP) is 1.40. The summed E-state index contributed by atoms with van der Waals surface area (Å²) in [6, 6.07) is 10.0. The van der Waals surface area contributed by atoms with Crippen molar-refractivity contribution in [1.82, 2.24) is 25.1 Å². The van der Waals surface area contributed by atoms with E-state index in [1.807, 2.05) is 30.3 Å². The van der Waals surface area contributed by atoms with Gasteiger partial charge in [0.2, 0.25) is 0 Å². The molecule has 1 aliphatic rings. The van der Waals surface area contributed by atoms with E-state index in [0.29, 0.717) is 25.9 Å². The van der Waals surface area contributed by atoms with Crippen LogP contribution in [-0.2, 0) is 12.8 Å². The van der Waals surface area contributed by atoms with Crippen molar-refractivity contribution < 1.29 is 4.79 Å². The number of aromatic nitrogens is 4. The lowest BCUT2D eigenvalue weighted by Crippen LogP contribution is -2.35. The number of carbonyl (C=O) groups is 1. The Bertz CT molecular complexity index is 961. The van der Waals surface area contributed by atoms with E-state index < -0.39 is 0 Å². The highest BCUT2D eigenvalue weighted by Crippen LogP contribution is 2.26. The molecule has 1 aromatic carbocycles. The number of carbonyl (C=O) groups excluding carboxylic acids is 1. The van der Waals surface area contributed by atoms with Crippen molar-refractivity contribution in [1.29, 1.82) is 0 Å². The molecule has 0 aliphatic carbocycles.